The van der Waals surface area contributed by atoms with E-state index >= 15 is 0 Å². The summed E-state index contributed by atoms with van der Waals surface area (Å²) in [5.41, 5.74) is 0. The minimum atomic E-state index is -0.696. The zero-order chi connectivity index (χ0) is 10.8. The van der Waals surface area contributed by atoms with Crippen molar-refractivity contribution in [2.45, 2.75) is 12.2 Å². The third-order valence-electron chi connectivity index (χ3n) is 2.50. The maximum Gasteiger partial charge on any atom is 0.214 e. The topological polar surface area (TPSA) is 65.8 Å². The van der Waals surface area contributed by atoms with Crippen LogP contribution in [0.25, 0.3) is 0 Å². The molecule has 2 heterocycles. The van der Waals surface area contributed by atoms with Gasteiger partial charge in [-0.2, -0.15) is 4.98 Å². The maximum atomic E-state index is 9.41. The van der Waals surface area contributed by atoms with Crippen LogP contribution in [-0.4, -0.2) is 47.6 Å². The van der Waals surface area contributed by atoms with Gasteiger partial charge in [-0.05, 0) is 6.07 Å². The summed E-state index contributed by atoms with van der Waals surface area (Å²) in [6.07, 6.45) is -1.39. The van der Waals surface area contributed by atoms with Crippen molar-refractivity contribution in [1.29, 1.82) is 0 Å². The Bertz CT molecular complexity index is 335. The Balaban J connectivity index is 2.16. The minimum absolute atomic E-state index is 0.404. The van der Waals surface area contributed by atoms with Gasteiger partial charge < -0.3 is 19.8 Å². The van der Waals surface area contributed by atoms with Gasteiger partial charge in [0, 0.05) is 19.2 Å². The van der Waals surface area contributed by atoms with E-state index in [1.807, 2.05) is 17.0 Å². The normalized spacial score (nSPS) is 25.7. The molecule has 0 spiro atoms. The second-order valence-corrected chi connectivity index (χ2v) is 3.58. The Morgan fingerprint density at radius 2 is 2.00 bits per heavy atom. The highest BCUT2D eigenvalue weighted by Crippen LogP contribution is 2.20. The fourth-order valence-corrected chi connectivity index (χ4v) is 1.65. The van der Waals surface area contributed by atoms with Crippen LogP contribution in [0.5, 0.6) is 5.88 Å². The molecule has 5 nitrogen and oxygen atoms in total. The van der Waals surface area contributed by atoms with Gasteiger partial charge in [-0.1, -0.05) is 6.07 Å². The second-order valence-electron chi connectivity index (χ2n) is 3.58. The van der Waals surface area contributed by atoms with Crippen LogP contribution in [0.4, 0.5) is 5.82 Å². The number of aliphatic hydroxyl groups excluding tert-OH is 2. The predicted molar refractivity (Wildman–Crippen MR) is 55.0 cm³/mol. The van der Waals surface area contributed by atoms with Gasteiger partial charge >= 0.3 is 0 Å². The number of rotatable bonds is 2. The minimum Gasteiger partial charge on any atom is -0.481 e. The zero-order valence-corrected chi connectivity index (χ0v) is 8.50. The number of anilines is 1. The number of methoxy groups -OCH3 is 1. The number of hydrogen-bond acceptors (Lipinski definition) is 5. The van der Waals surface area contributed by atoms with E-state index in [9.17, 15) is 10.2 Å². The summed E-state index contributed by atoms with van der Waals surface area (Å²) >= 11 is 0. The molecule has 1 aromatic heterocycles. The Kier molecular flexibility index (Phi) is 2.75. The van der Waals surface area contributed by atoms with Crippen LogP contribution in [0.1, 0.15) is 0 Å². The van der Waals surface area contributed by atoms with Crippen molar-refractivity contribution in [1.82, 2.24) is 4.98 Å². The largest absolute Gasteiger partial charge is 0.481 e. The number of aromatic nitrogens is 1. The van der Waals surface area contributed by atoms with Crippen molar-refractivity contribution < 1.29 is 14.9 Å². The molecule has 2 N–H and O–H groups in total. The van der Waals surface area contributed by atoms with E-state index in [1.54, 1.807) is 13.2 Å². The van der Waals surface area contributed by atoms with Crippen molar-refractivity contribution in [3.8, 4) is 5.88 Å². The summed E-state index contributed by atoms with van der Waals surface area (Å²) in [4.78, 5) is 6.05. The molecule has 0 bridgehead atoms. The third-order valence-corrected chi connectivity index (χ3v) is 2.50. The zero-order valence-electron chi connectivity index (χ0n) is 8.50. The lowest BCUT2D eigenvalue weighted by Gasteiger charge is -2.16. The fourth-order valence-electron chi connectivity index (χ4n) is 1.65. The first-order valence-electron chi connectivity index (χ1n) is 4.83. The molecule has 1 aliphatic rings. The van der Waals surface area contributed by atoms with E-state index in [0.717, 1.165) is 0 Å². The van der Waals surface area contributed by atoms with Crippen LogP contribution in [0.3, 0.4) is 0 Å². The van der Waals surface area contributed by atoms with E-state index in [2.05, 4.69) is 4.98 Å². The molecule has 82 valence electrons. The van der Waals surface area contributed by atoms with Crippen molar-refractivity contribution in [2.75, 3.05) is 25.1 Å². The van der Waals surface area contributed by atoms with Crippen molar-refractivity contribution in [3.05, 3.63) is 18.2 Å². The van der Waals surface area contributed by atoms with Crippen LogP contribution < -0.4 is 9.64 Å². The number of β-amino-alcohol motifs (C(OH)–C–C–N with tert-alkyl or cyclic N) is 2. The van der Waals surface area contributed by atoms with Gasteiger partial charge in [0.15, 0.2) is 0 Å². The lowest BCUT2D eigenvalue weighted by molar-refractivity contribution is 0.0572. The maximum absolute atomic E-state index is 9.41. The van der Waals surface area contributed by atoms with E-state index in [4.69, 9.17) is 4.74 Å². The van der Waals surface area contributed by atoms with Gasteiger partial charge in [-0.15, -0.1) is 0 Å². The first-order chi connectivity index (χ1) is 7.20. The molecule has 0 aromatic carbocycles. The lowest BCUT2D eigenvalue weighted by Crippen LogP contribution is -2.22. The molecule has 5 heteroatoms. The molecule has 0 saturated carbocycles. The summed E-state index contributed by atoms with van der Waals surface area (Å²) in [6.45, 7) is 0.808. The summed E-state index contributed by atoms with van der Waals surface area (Å²) in [6, 6.07) is 5.41. The summed E-state index contributed by atoms with van der Waals surface area (Å²) in [7, 11) is 1.56. The molecule has 1 fully saturated rings. The molecule has 0 aliphatic carbocycles. The Labute approximate surface area is 87.9 Å². The molecule has 2 atom stereocenters. The highest BCUT2D eigenvalue weighted by molar-refractivity contribution is 5.42. The second kappa shape index (κ2) is 4.04. The van der Waals surface area contributed by atoms with Crippen molar-refractivity contribution in [2.24, 2.45) is 0 Å². The molecule has 1 aliphatic heterocycles. The SMILES string of the molecule is COc1cccc(N2CC(O)C(O)C2)n1. The highest BCUT2D eigenvalue weighted by Gasteiger charge is 2.30. The number of pyridine rings is 1. The molecule has 15 heavy (non-hydrogen) atoms. The standard InChI is InChI=1S/C10H14N2O3/c1-15-10-4-2-3-9(11-10)12-5-7(13)8(14)6-12/h2-4,7-8,13-14H,5-6H2,1H3. The van der Waals surface area contributed by atoms with E-state index in [1.165, 1.54) is 0 Å². The van der Waals surface area contributed by atoms with Crippen molar-refractivity contribution >= 4 is 5.82 Å². The smallest absolute Gasteiger partial charge is 0.214 e. The average molecular weight is 210 g/mol. The molecular formula is C10H14N2O3. The Hall–Kier alpha value is -1.33. The molecule has 1 saturated heterocycles. The number of aliphatic hydroxyl groups is 2. The summed E-state index contributed by atoms with van der Waals surface area (Å²) in [5, 5.41) is 18.8. The van der Waals surface area contributed by atoms with Crippen molar-refractivity contribution in [3.63, 3.8) is 0 Å². The Morgan fingerprint density at radius 1 is 1.33 bits per heavy atom. The highest BCUT2D eigenvalue weighted by atomic mass is 16.5. The van der Waals surface area contributed by atoms with Crippen LogP contribution in [0.15, 0.2) is 18.2 Å². The quantitative estimate of drug-likeness (QED) is 0.697. The summed E-state index contributed by atoms with van der Waals surface area (Å²) in [5.74, 6) is 1.24. The first-order valence-corrected chi connectivity index (χ1v) is 4.83. The molecule has 2 unspecified atom stereocenters. The first kappa shape index (κ1) is 10.2. The van der Waals surface area contributed by atoms with Gasteiger partial charge in [0.2, 0.25) is 5.88 Å². The van der Waals surface area contributed by atoms with Crippen LogP contribution in [0, 0.1) is 0 Å². The van der Waals surface area contributed by atoms with Crippen LogP contribution in [0.2, 0.25) is 0 Å². The lowest BCUT2D eigenvalue weighted by atomic mass is 10.3. The monoisotopic (exact) mass is 210 g/mol. The van der Waals surface area contributed by atoms with Gasteiger partial charge in [0.25, 0.3) is 0 Å². The third kappa shape index (κ3) is 2.03. The van der Waals surface area contributed by atoms with Gasteiger partial charge in [-0.25, -0.2) is 0 Å². The van der Waals surface area contributed by atoms with Gasteiger partial charge in [0.1, 0.15) is 5.82 Å². The number of ether oxygens (including phenoxy) is 1. The predicted octanol–water partition coefficient (Wildman–Crippen LogP) is -0.368. The molecule has 0 amide bonds. The van der Waals surface area contributed by atoms with E-state index in [-0.39, 0.29) is 0 Å². The van der Waals surface area contributed by atoms with Gasteiger partial charge in [-0.3, -0.25) is 0 Å². The molecular weight excluding hydrogens is 196 g/mol. The average Bonchev–Trinajstić information content (AvgIpc) is 2.59. The van der Waals surface area contributed by atoms with E-state index < -0.39 is 12.2 Å². The number of hydrogen-bond donors (Lipinski definition) is 2. The number of nitrogens with zero attached hydrogens (tertiary/aromatic N) is 2. The molecule has 0 radical (unpaired) electrons. The van der Waals surface area contributed by atoms with Crippen LogP contribution >= 0.6 is 0 Å². The fraction of sp³-hybridized carbons (Fsp3) is 0.500. The molecule has 2 rings (SSSR count). The van der Waals surface area contributed by atoms with Crippen LogP contribution in [-0.2, 0) is 0 Å². The van der Waals surface area contributed by atoms with Gasteiger partial charge in [0.05, 0.1) is 19.3 Å². The molecule has 1 aromatic rings. The summed E-state index contributed by atoms with van der Waals surface area (Å²) < 4.78 is 5.01. The van der Waals surface area contributed by atoms with E-state index in [0.29, 0.717) is 24.8 Å². The Morgan fingerprint density at radius 3 is 2.60 bits per heavy atom.